The Morgan fingerprint density at radius 3 is 2.61 bits per heavy atom. The summed E-state index contributed by atoms with van der Waals surface area (Å²) in [7, 11) is 0. The normalized spacial score (nSPS) is 23.3. The van der Waals surface area contributed by atoms with E-state index in [0.29, 0.717) is 11.7 Å². The number of carbonyl (C=O) groups excluding carboxylic acids is 1. The Kier molecular flexibility index (Phi) is 5.37. The lowest BCUT2D eigenvalue weighted by atomic mass is 9.92. The molecule has 1 atom stereocenters. The maximum absolute atomic E-state index is 11.8. The van der Waals surface area contributed by atoms with Crippen LogP contribution in [-0.2, 0) is 4.79 Å². The molecule has 98 valence electrons. The average Bonchev–Trinajstić information content (AvgIpc) is 2.45. The third-order valence-corrected chi connectivity index (χ3v) is 3.89. The predicted molar refractivity (Wildman–Crippen MR) is 73.5 cm³/mol. The first-order valence-corrected chi connectivity index (χ1v) is 7.29. The van der Waals surface area contributed by atoms with Crippen LogP contribution in [0.2, 0.25) is 0 Å². The summed E-state index contributed by atoms with van der Waals surface area (Å²) in [5.74, 6) is 0.922. The van der Waals surface area contributed by atoms with Gasteiger partial charge in [0.15, 0.2) is 0 Å². The third-order valence-electron chi connectivity index (χ3n) is 3.89. The molecule has 1 aromatic heterocycles. The van der Waals surface area contributed by atoms with Crippen molar-refractivity contribution in [3.05, 3.63) is 30.1 Å². The molecule has 1 fully saturated rings. The van der Waals surface area contributed by atoms with Crippen molar-refractivity contribution in [2.45, 2.75) is 63.7 Å². The molecule has 2 nitrogen and oxygen atoms in total. The van der Waals surface area contributed by atoms with Crippen LogP contribution < -0.4 is 0 Å². The number of carbonyl (C=O) groups is 1. The van der Waals surface area contributed by atoms with E-state index in [9.17, 15) is 4.79 Å². The molecule has 1 aromatic rings. The lowest BCUT2D eigenvalue weighted by Gasteiger charge is -2.15. The summed E-state index contributed by atoms with van der Waals surface area (Å²) in [6, 6.07) is 6.11. The summed E-state index contributed by atoms with van der Waals surface area (Å²) >= 11 is 0. The van der Waals surface area contributed by atoms with E-state index < -0.39 is 0 Å². The van der Waals surface area contributed by atoms with Crippen molar-refractivity contribution >= 4 is 5.78 Å². The molecule has 2 heteroatoms. The maximum atomic E-state index is 11.8. The second-order valence-corrected chi connectivity index (χ2v) is 5.34. The highest BCUT2D eigenvalue weighted by Crippen LogP contribution is 2.27. The van der Waals surface area contributed by atoms with E-state index in [1.54, 1.807) is 0 Å². The fourth-order valence-electron chi connectivity index (χ4n) is 2.76. The standard InChI is InChI=1S/C16H23NO/c18-15-9-5-3-1-2-4-8-14(11-12-15)16-10-6-7-13-17-16/h6-7,10,13-14H,1-5,8-9,11-12H2. The molecule has 1 saturated carbocycles. The molecule has 0 spiro atoms. The molecule has 0 bridgehead atoms. The summed E-state index contributed by atoms with van der Waals surface area (Å²) < 4.78 is 0. The average molecular weight is 245 g/mol. The molecule has 18 heavy (non-hydrogen) atoms. The van der Waals surface area contributed by atoms with Gasteiger partial charge in [-0.05, 0) is 31.4 Å². The largest absolute Gasteiger partial charge is 0.300 e. The number of Topliss-reactive ketones (excluding diaryl/α,β-unsaturated/α-hetero) is 1. The van der Waals surface area contributed by atoms with E-state index in [1.807, 2.05) is 12.3 Å². The van der Waals surface area contributed by atoms with Crippen LogP contribution in [0.25, 0.3) is 0 Å². The van der Waals surface area contributed by atoms with Crippen LogP contribution in [0.5, 0.6) is 0 Å². The van der Waals surface area contributed by atoms with Crippen LogP contribution >= 0.6 is 0 Å². The highest BCUT2D eigenvalue weighted by atomic mass is 16.1. The van der Waals surface area contributed by atoms with Crippen LogP contribution in [0.1, 0.15) is 69.4 Å². The van der Waals surface area contributed by atoms with E-state index in [-0.39, 0.29) is 0 Å². The fourth-order valence-corrected chi connectivity index (χ4v) is 2.76. The van der Waals surface area contributed by atoms with Gasteiger partial charge in [-0.25, -0.2) is 0 Å². The zero-order chi connectivity index (χ0) is 12.6. The van der Waals surface area contributed by atoms with E-state index in [4.69, 9.17) is 0 Å². The van der Waals surface area contributed by atoms with Gasteiger partial charge < -0.3 is 0 Å². The van der Waals surface area contributed by atoms with Gasteiger partial charge in [-0.15, -0.1) is 0 Å². The molecular formula is C16H23NO. The van der Waals surface area contributed by atoms with Crippen molar-refractivity contribution in [1.82, 2.24) is 4.98 Å². The molecule has 2 rings (SSSR count). The van der Waals surface area contributed by atoms with E-state index in [0.717, 1.165) is 25.7 Å². The highest BCUT2D eigenvalue weighted by molar-refractivity contribution is 5.78. The highest BCUT2D eigenvalue weighted by Gasteiger charge is 2.15. The zero-order valence-electron chi connectivity index (χ0n) is 11.1. The Labute approximate surface area is 110 Å². The topological polar surface area (TPSA) is 30.0 Å². The number of nitrogens with zero attached hydrogens (tertiary/aromatic N) is 1. The van der Waals surface area contributed by atoms with Crippen LogP contribution in [0.3, 0.4) is 0 Å². The molecular weight excluding hydrogens is 222 g/mol. The van der Waals surface area contributed by atoms with Crippen LogP contribution in [-0.4, -0.2) is 10.8 Å². The summed E-state index contributed by atoms with van der Waals surface area (Å²) in [5.41, 5.74) is 1.17. The monoisotopic (exact) mass is 245 g/mol. The van der Waals surface area contributed by atoms with Gasteiger partial charge in [-0.1, -0.05) is 31.7 Å². The van der Waals surface area contributed by atoms with Gasteiger partial charge in [0, 0.05) is 30.7 Å². The Morgan fingerprint density at radius 1 is 0.944 bits per heavy atom. The molecule has 0 saturated heterocycles. The minimum atomic E-state index is 0.442. The SMILES string of the molecule is O=C1CCCCCCCC(c2ccccn2)CC1. The van der Waals surface area contributed by atoms with Gasteiger partial charge in [0.2, 0.25) is 0 Å². The number of rotatable bonds is 1. The predicted octanol–water partition coefficient (Wildman–Crippen LogP) is 4.26. The Bertz CT molecular complexity index is 361. The number of hydrogen-bond acceptors (Lipinski definition) is 2. The van der Waals surface area contributed by atoms with Crippen LogP contribution in [0, 0.1) is 0 Å². The minimum Gasteiger partial charge on any atom is -0.300 e. The summed E-state index contributed by atoms with van der Waals surface area (Å²) in [6.07, 6.45) is 11.7. The Balaban J connectivity index is 1.99. The maximum Gasteiger partial charge on any atom is 0.132 e. The number of hydrogen-bond donors (Lipinski definition) is 0. The van der Waals surface area contributed by atoms with E-state index in [2.05, 4.69) is 17.1 Å². The van der Waals surface area contributed by atoms with Gasteiger partial charge in [0.25, 0.3) is 0 Å². The first kappa shape index (κ1) is 13.3. The molecule has 0 aromatic carbocycles. The van der Waals surface area contributed by atoms with E-state index in [1.165, 1.54) is 37.8 Å². The van der Waals surface area contributed by atoms with Gasteiger partial charge in [-0.3, -0.25) is 9.78 Å². The van der Waals surface area contributed by atoms with Gasteiger partial charge in [-0.2, -0.15) is 0 Å². The van der Waals surface area contributed by atoms with Crippen molar-refractivity contribution < 1.29 is 4.79 Å². The molecule has 0 N–H and O–H groups in total. The van der Waals surface area contributed by atoms with Crippen molar-refractivity contribution in [2.75, 3.05) is 0 Å². The van der Waals surface area contributed by atoms with Gasteiger partial charge >= 0.3 is 0 Å². The molecule has 0 radical (unpaired) electrons. The van der Waals surface area contributed by atoms with Gasteiger partial charge in [0.1, 0.15) is 5.78 Å². The summed E-state index contributed by atoms with van der Waals surface area (Å²) in [4.78, 5) is 16.2. The van der Waals surface area contributed by atoms with E-state index >= 15 is 0 Å². The van der Waals surface area contributed by atoms with Crippen LogP contribution in [0.4, 0.5) is 0 Å². The molecule has 1 aliphatic rings. The second kappa shape index (κ2) is 7.30. The van der Waals surface area contributed by atoms with Gasteiger partial charge in [0.05, 0.1) is 0 Å². The first-order valence-electron chi connectivity index (χ1n) is 7.29. The summed E-state index contributed by atoms with van der Waals surface area (Å²) in [6.45, 7) is 0. The van der Waals surface area contributed by atoms with Crippen molar-refractivity contribution in [2.24, 2.45) is 0 Å². The molecule has 1 unspecified atom stereocenters. The quantitative estimate of drug-likeness (QED) is 0.740. The Morgan fingerprint density at radius 2 is 1.78 bits per heavy atom. The van der Waals surface area contributed by atoms with Crippen molar-refractivity contribution in [3.8, 4) is 0 Å². The smallest absolute Gasteiger partial charge is 0.132 e. The lowest BCUT2D eigenvalue weighted by molar-refractivity contribution is -0.119. The molecule has 1 aliphatic carbocycles. The first-order chi connectivity index (χ1) is 8.86. The molecule has 0 aliphatic heterocycles. The number of aromatic nitrogens is 1. The zero-order valence-corrected chi connectivity index (χ0v) is 11.1. The number of pyridine rings is 1. The van der Waals surface area contributed by atoms with Crippen molar-refractivity contribution in [1.29, 1.82) is 0 Å². The minimum absolute atomic E-state index is 0.442. The number of ketones is 1. The fraction of sp³-hybridized carbons (Fsp3) is 0.625. The van der Waals surface area contributed by atoms with Crippen molar-refractivity contribution in [3.63, 3.8) is 0 Å². The molecule has 1 heterocycles. The second-order valence-electron chi connectivity index (χ2n) is 5.34. The van der Waals surface area contributed by atoms with Crippen LogP contribution in [0.15, 0.2) is 24.4 Å². The summed E-state index contributed by atoms with van der Waals surface area (Å²) in [5, 5.41) is 0. The lowest BCUT2D eigenvalue weighted by Crippen LogP contribution is -2.05. The third kappa shape index (κ3) is 4.25. The Hall–Kier alpha value is -1.18. The molecule has 0 amide bonds.